The summed E-state index contributed by atoms with van der Waals surface area (Å²) in [6.45, 7) is 3.81. The Hall–Kier alpha value is -5.08. The van der Waals surface area contributed by atoms with Gasteiger partial charge in [-0.15, -0.1) is 0 Å². The predicted molar refractivity (Wildman–Crippen MR) is 161 cm³/mol. The van der Waals surface area contributed by atoms with Crippen LogP contribution in [0.1, 0.15) is 43.7 Å². The Labute approximate surface area is 247 Å². The van der Waals surface area contributed by atoms with Gasteiger partial charge in [0, 0.05) is 21.8 Å². The number of esters is 2. The van der Waals surface area contributed by atoms with Crippen molar-refractivity contribution in [2.24, 2.45) is 0 Å². The number of para-hydroxylation sites is 2. The van der Waals surface area contributed by atoms with Crippen molar-refractivity contribution in [3.8, 4) is 17.2 Å². The van der Waals surface area contributed by atoms with E-state index in [9.17, 15) is 14.4 Å². The molecule has 0 radical (unpaired) electrons. The molecule has 42 heavy (non-hydrogen) atoms. The number of methoxy groups -OCH3 is 1. The summed E-state index contributed by atoms with van der Waals surface area (Å²) >= 11 is 6.09. The monoisotopic (exact) mass is 582 g/mol. The topological polar surface area (TPSA) is 95.9 Å². The van der Waals surface area contributed by atoms with Crippen molar-refractivity contribution >= 4 is 46.0 Å². The van der Waals surface area contributed by atoms with Crippen molar-refractivity contribution in [3.05, 3.63) is 118 Å². The van der Waals surface area contributed by atoms with Gasteiger partial charge in [0.25, 0.3) is 5.91 Å². The van der Waals surface area contributed by atoms with E-state index in [1.165, 1.54) is 13.2 Å². The number of nitrogens with zero attached hydrogens (tertiary/aromatic N) is 1. The Morgan fingerprint density at radius 1 is 0.857 bits per heavy atom. The SMILES string of the molecule is CCOC(=O)c1c(C)n(-c2ccccc2)c2ccc(OC(=O)c3ccccc3NC(=O)c3cc(Cl)ccc3OC)cc12. The highest BCUT2D eigenvalue weighted by molar-refractivity contribution is 6.31. The second-order valence-corrected chi connectivity index (χ2v) is 9.70. The number of anilines is 1. The van der Waals surface area contributed by atoms with Gasteiger partial charge in [-0.1, -0.05) is 41.9 Å². The third kappa shape index (κ3) is 5.57. The third-order valence-corrected chi connectivity index (χ3v) is 6.92. The minimum Gasteiger partial charge on any atom is -0.496 e. The van der Waals surface area contributed by atoms with Crippen LogP contribution in [0.15, 0.2) is 91.0 Å². The van der Waals surface area contributed by atoms with Crippen LogP contribution in [-0.2, 0) is 4.74 Å². The third-order valence-electron chi connectivity index (χ3n) is 6.68. The molecule has 0 aliphatic heterocycles. The summed E-state index contributed by atoms with van der Waals surface area (Å²) in [5, 5.41) is 3.69. The number of hydrogen-bond acceptors (Lipinski definition) is 6. The molecule has 1 heterocycles. The molecule has 0 bridgehead atoms. The van der Waals surface area contributed by atoms with Crippen molar-refractivity contribution in [1.82, 2.24) is 4.57 Å². The molecule has 5 rings (SSSR count). The van der Waals surface area contributed by atoms with E-state index < -0.39 is 17.8 Å². The molecule has 0 spiro atoms. The minimum atomic E-state index is -0.694. The molecule has 0 atom stereocenters. The molecule has 0 aliphatic rings. The first-order valence-electron chi connectivity index (χ1n) is 13.2. The number of aromatic nitrogens is 1. The molecule has 0 unspecified atom stereocenters. The summed E-state index contributed by atoms with van der Waals surface area (Å²) in [4.78, 5) is 39.5. The molecular formula is C33H27ClN2O6. The lowest BCUT2D eigenvalue weighted by atomic mass is 10.1. The maximum Gasteiger partial charge on any atom is 0.345 e. The number of carbonyl (C=O) groups is 3. The standard InChI is InChI=1S/C33H27ClN2O6/c1-4-41-33(39)30-20(2)36(22-10-6-5-7-11-22)28-16-15-23(19-25(28)30)42-32(38)24-12-8-9-13-27(24)35-31(37)26-18-21(34)14-17-29(26)40-3/h5-19H,4H2,1-3H3,(H,35,37). The summed E-state index contributed by atoms with van der Waals surface area (Å²) in [6.07, 6.45) is 0. The molecule has 4 aromatic carbocycles. The fourth-order valence-corrected chi connectivity index (χ4v) is 4.98. The minimum absolute atomic E-state index is 0.135. The van der Waals surface area contributed by atoms with Gasteiger partial charge in [0.1, 0.15) is 11.5 Å². The molecule has 0 saturated carbocycles. The van der Waals surface area contributed by atoms with Crippen LogP contribution in [-0.4, -0.2) is 36.1 Å². The van der Waals surface area contributed by atoms with Crippen LogP contribution in [0.2, 0.25) is 5.02 Å². The number of fused-ring (bicyclic) bond motifs is 1. The molecule has 0 aliphatic carbocycles. The second kappa shape index (κ2) is 12.2. The maximum atomic E-state index is 13.4. The molecule has 0 saturated heterocycles. The van der Waals surface area contributed by atoms with Gasteiger partial charge in [-0.25, -0.2) is 9.59 Å². The van der Waals surface area contributed by atoms with Crippen LogP contribution in [0, 0.1) is 6.92 Å². The molecule has 1 N–H and O–H groups in total. The van der Waals surface area contributed by atoms with Crippen molar-refractivity contribution in [2.75, 3.05) is 19.0 Å². The summed E-state index contributed by atoms with van der Waals surface area (Å²) < 4.78 is 18.4. The van der Waals surface area contributed by atoms with Gasteiger partial charge in [0.2, 0.25) is 0 Å². The maximum absolute atomic E-state index is 13.4. The second-order valence-electron chi connectivity index (χ2n) is 9.26. The van der Waals surface area contributed by atoms with Crippen molar-refractivity contribution < 1.29 is 28.6 Å². The highest BCUT2D eigenvalue weighted by Crippen LogP contribution is 2.33. The normalized spacial score (nSPS) is 10.8. The van der Waals surface area contributed by atoms with Crippen molar-refractivity contribution in [2.45, 2.75) is 13.8 Å². The van der Waals surface area contributed by atoms with Gasteiger partial charge in [0.15, 0.2) is 0 Å². The molecule has 1 amide bonds. The Kier molecular flexibility index (Phi) is 8.26. The number of amides is 1. The molecule has 212 valence electrons. The quantitative estimate of drug-likeness (QED) is 0.153. The van der Waals surface area contributed by atoms with Crippen LogP contribution in [0.4, 0.5) is 5.69 Å². The fraction of sp³-hybridized carbons (Fsp3) is 0.121. The Balaban J connectivity index is 1.48. The van der Waals surface area contributed by atoms with Crippen LogP contribution in [0.5, 0.6) is 11.5 Å². The van der Waals surface area contributed by atoms with Crippen molar-refractivity contribution in [1.29, 1.82) is 0 Å². The van der Waals surface area contributed by atoms with Gasteiger partial charge < -0.3 is 24.1 Å². The number of halogens is 1. The van der Waals surface area contributed by atoms with Crippen LogP contribution in [0.25, 0.3) is 16.6 Å². The van der Waals surface area contributed by atoms with E-state index in [1.54, 1.807) is 61.5 Å². The number of benzene rings is 4. The first kappa shape index (κ1) is 28.4. The average Bonchev–Trinajstić information content (AvgIpc) is 3.28. The smallest absolute Gasteiger partial charge is 0.345 e. The van der Waals surface area contributed by atoms with E-state index in [4.69, 9.17) is 25.8 Å². The number of hydrogen-bond donors (Lipinski definition) is 1. The Bertz CT molecular complexity index is 1810. The van der Waals surface area contributed by atoms with Gasteiger partial charge in [-0.3, -0.25) is 4.79 Å². The molecule has 9 heteroatoms. The summed E-state index contributed by atoms with van der Waals surface area (Å²) in [5.74, 6) is -1.11. The van der Waals surface area contributed by atoms with E-state index in [0.717, 1.165) is 11.2 Å². The molecular weight excluding hydrogens is 556 g/mol. The molecule has 5 aromatic rings. The van der Waals surface area contributed by atoms with E-state index in [1.807, 2.05) is 41.8 Å². The van der Waals surface area contributed by atoms with Gasteiger partial charge in [-0.2, -0.15) is 0 Å². The first-order valence-corrected chi connectivity index (χ1v) is 13.5. The summed E-state index contributed by atoms with van der Waals surface area (Å²) in [7, 11) is 1.45. The Morgan fingerprint density at radius 3 is 2.33 bits per heavy atom. The van der Waals surface area contributed by atoms with E-state index >= 15 is 0 Å². The average molecular weight is 583 g/mol. The Morgan fingerprint density at radius 2 is 1.60 bits per heavy atom. The zero-order valence-electron chi connectivity index (χ0n) is 23.1. The van der Waals surface area contributed by atoms with Gasteiger partial charge in [0.05, 0.1) is 41.6 Å². The zero-order valence-corrected chi connectivity index (χ0v) is 23.9. The predicted octanol–water partition coefficient (Wildman–Crippen LogP) is 7.25. The van der Waals surface area contributed by atoms with E-state index in [0.29, 0.717) is 27.4 Å². The number of ether oxygens (including phenoxy) is 3. The van der Waals surface area contributed by atoms with Crippen molar-refractivity contribution in [3.63, 3.8) is 0 Å². The highest BCUT2D eigenvalue weighted by Gasteiger charge is 2.24. The number of carbonyl (C=O) groups excluding carboxylic acids is 3. The lowest BCUT2D eigenvalue weighted by Crippen LogP contribution is -2.17. The molecule has 1 aromatic heterocycles. The summed E-state index contributed by atoms with van der Waals surface area (Å²) in [5.41, 5.74) is 3.30. The highest BCUT2D eigenvalue weighted by atomic mass is 35.5. The van der Waals surface area contributed by atoms with Gasteiger partial charge in [-0.05, 0) is 74.5 Å². The first-order chi connectivity index (χ1) is 20.3. The fourth-order valence-electron chi connectivity index (χ4n) is 4.81. The van der Waals surface area contributed by atoms with Crippen LogP contribution >= 0.6 is 11.6 Å². The van der Waals surface area contributed by atoms with E-state index in [2.05, 4.69) is 5.32 Å². The van der Waals surface area contributed by atoms with Crippen LogP contribution < -0.4 is 14.8 Å². The zero-order chi connectivity index (χ0) is 29.8. The lowest BCUT2D eigenvalue weighted by molar-refractivity contribution is 0.0527. The molecule has 8 nitrogen and oxygen atoms in total. The van der Waals surface area contributed by atoms with E-state index in [-0.39, 0.29) is 29.2 Å². The van der Waals surface area contributed by atoms with Gasteiger partial charge >= 0.3 is 11.9 Å². The molecule has 0 fully saturated rings. The largest absolute Gasteiger partial charge is 0.496 e. The van der Waals surface area contributed by atoms with Crippen LogP contribution in [0.3, 0.4) is 0 Å². The summed E-state index contributed by atoms with van der Waals surface area (Å²) in [6, 6.07) is 25.9. The lowest BCUT2D eigenvalue weighted by Gasteiger charge is -2.13. The number of nitrogens with one attached hydrogen (secondary N) is 1. The number of rotatable bonds is 8.